The molecule has 0 bridgehead atoms. The average molecular weight is 306 g/mol. The zero-order chi connectivity index (χ0) is 16.1. The molecule has 0 aliphatic carbocycles. The Morgan fingerprint density at radius 3 is 2.35 bits per heavy atom. The molecule has 3 rings (SSSR count). The highest BCUT2D eigenvalue weighted by molar-refractivity contribution is 5.67. The summed E-state index contributed by atoms with van der Waals surface area (Å²) in [5.41, 5.74) is 2.99. The van der Waals surface area contributed by atoms with Crippen LogP contribution in [0.2, 0.25) is 0 Å². The van der Waals surface area contributed by atoms with E-state index < -0.39 is 0 Å². The third-order valence-corrected chi connectivity index (χ3v) is 3.33. The van der Waals surface area contributed by atoms with Crippen LogP contribution in [-0.2, 0) is 0 Å². The SMILES string of the molecule is COc1ccc(C)cc1Nc1cc(Nc2ccccc2)ncn1. The van der Waals surface area contributed by atoms with Crippen LogP contribution in [0.5, 0.6) is 5.75 Å². The van der Waals surface area contributed by atoms with E-state index >= 15 is 0 Å². The van der Waals surface area contributed by atoms with Gasteiger partial charge in [0.1, 0.15) is 23.7 Å². The van der Waals surface area contributed by atoms with E-state index in [1.165, 1.54) is 6.33 Å². The first kappa shape index (κ1) is 14.8. The molecule has 0 aliphatic heterocycles. The second-order valence-electron chi connectivity index (χ2n) is 5.11. The molecule has 5 nitrogen and oxygen atoms in total. The van der Waals surface area contributed by atoms with E-state index in [0.29, 0.717) is 5.82 Å². The van der Waals surface area contributed by atoms with Gasteiger partial charge in [0, 0.05) is 11.8 Å². The molecular weight excluding hydrogens is 288 g/mol. The van der Waals surface area contributed by atoms with E-state index in [1.807, 2.05) is 61.5 Å². The van der Waals surface area contributed by atoms with Crippen molar-refractivity contribution in [2.75, 3.05) is 17.7 Å². The highest BCUT2D eigenvalue weighted by atomic mass is 16.5. The first-order chi connectivity index (χ1) is 11.2. The average Bonchev–Trinajstić information content (AvgIpc) is 2.56. The number of methoxy groups -OCH3 is 1. The fraction of sp³-hybridized carbons (Fsp3) is 0.111. The lowest BCUT2D eigenvalue weighted by Crippen LogP contribution is -2.00. The summed E-state index contributed by atoms with van der Waals surface area (Å²) in [5, 5.41) is 6.52. The summed E-state index contributed by atoms with van der Waals surface area (Å²) >= 11 is 0. The van der Waals surface area contributed by atoms with Crippen LogP contribution in [0.25, 0.3) is 0 Å². The number of ether oxygens (including phenoxy) is 1. The first-order valence-electron chi connectivity index (χ1n) is 7.30. The van der Waals surface area contributed by atoms with E-state index in [2.05, 4.69) is 20.6 Å². The van der Waals surface area contributed by atoms with Gasteiger partial charge in [-0.25, -0.2) is 9.97 Å². The van der Waals surface area contributed by atoms with Gasteiger partial charge in [0.05, 0.1) is 12.8 Å². The van der Waals surface area contributed by atoms with Gasteiger partial charge in [0.2, 0.25) is 0 Å². The van der Waals surface area contributed by atoms with Crippen LogP contribution in [0.4, 0.5) is 23.0 Å². The normalized spacial score (nSPS) is 10.2. The number of hydrogen-bond acceptors (Lipinski definition) is 5. The predicted octanol–water partition coefficient (Wildman–Crippen LogP) is 4.28. The van der Waals surface area contributed by atoms with Crippen molar-refractivity contribution < 1.29 is 4.74 Å². The quantitative estimate of drug-likeness (QED) is 0.736. The molecule has 5 heteroatoms. The lowest BCUT2D eigenvalue weighted by atomic mass is 10.2. The number of benzene rings is 2. The second-order valence-corrected chi connectivity index (χ2v) is 5.11. The minimum Gasteiger partial charge on any atom is -0.495 e. The molecule has 0 amide bonds. The number of anilines is 4. The number of rotatable bonds is 5. The molecule has 0 spiro atoms. The van der Waals surface area contributed by atoms with E-state index in [-0.39, 0.29) is 0 Å². The second kappa shape index (κ2) is 6.79. The minimum absolute atomic E-state index is 0.697. The molecule has 0 fully saturated rings. The number of aryl methyl sites for hydroxylation is 1. The van der Waals surface area contributed by atoms with Crippen molar-refractivity contribution in [2.45, 2.75) is 6.92 Å². The van der Waals surface area contributed by atoms with E-state index in [0.717, 1.165) is 28.5 Å². The zero-order valence-electron chi connectivity index (χ0n) is 13.1. The molecule has 0 saturated carbocycles. The maximum absolute atomic E-state index is 5.38. The number of aromatic nitrogens is 2. The van der Waals surface area contributed by atoms with Crippen molar-refractivity contribution in [1.82, 2.24) is 9.97 Å². The van der Waals surface area contributed by atoms with Crippen molar-refractivity contribution in [3.05, 3.63) is 66.5 Å². The van der Waals surface area contributed by atoms with Gasteiger partial charge in [-0.2, -0.15) is 0 Å². The van der Waals surface area contributed by atoms with Crippen LogP contribution in [-0.4, -0.2) is 17.1 Å². The molecule has 3 aromatic rings. The Morgan fingerprint density at radius 1 is 0.870 bits per heavy atom. The molecule has 0 radical (unpaired) electrons. The standard InChI is InChI=1S/C18H18N4O/c1-13-8-9-16(23-2)15(10-13)22-18-11-17(19-12-20-18)21-14-6-4-3-5-7-14/h3-12H,1-2H3,(H2,19,20,21,22). The number of nitrogens with one attached hydrogen (secondary N) is 2. The molecule has 2 aromatic carbocycles. The maximum Gasteiger partial charge on any atom is 0.142 e. The summed E-state index contributed by atoms with van der Waals surface area (Å²) in [5.74, 6) is 2.19. The van der Waals surface area contributed by atoms with Crippen molar-refractivity contribution in [1.29, 1.82) is 0 Å². The Morgan fingerprint density at radius 2 is 1.61 bits per heavy atom. The molecule has 0 atom stereocenters. The van der Waals surface area contributed by atoms with E-state index in [1.54, 1.807) is 7.11 Å². The zero-order valence-corrected chi connectivity index (χ0v) is 13.1. The van der Waals surface area contributed by atoms with Crippen molar-refractivity contribution >= 4 is 23.0 Å². The van der Waals surface area contributed by atoms with Gasteiger partial charge in [-0.1, -0.05) is 24.3 Å². The summed E-state index contributed by atoms with van der Waals surface area (Å²) in [7, 11) is 1.65. The summed E-state index contributed by atoms with van der Waals surface area (Å²) in [6.07, 6.45) is 1.52. The molecule has 23 heavy (non-hydrogen) atoms. The maximum atomic E-state index is 5.38. The molecule has 0 saturated heterocycles. The van der Waals surface area contributed by atoms with Gasteiger partial charge < -0.3 is 15.4 Å². The predicted molar refractivity (Wildman–Crippen MR) is 92.8 cm³/mol. The third-order valence-electron chi connectivity index (χ3n) is 3.33. The van der Waals surface area contributed by atoms with Gasteiger partial charge in [-0.3, -0.25) is 0 Å². The van der Waals surface area contributed by atoms with Crippen LogP contribution in [0.1, 0.15) is 5.56 Å². The fourth-order valence-corrected chi connectivity index (χ4v) is 2.22. The molecule has 1 heterocycles. The highest BCUT2D eigenvalue weighted by Gasteiger charge is 2.05. The molecule has 0 aliphatic rings. The van der Waals surface area contributed by atoms with Crippen molar-refractivity contribution in [3.8, 4) is 5.75 Å². The van der Waals surface area contributed by atoms with Crippen LogP contribution >= 0.6 is 0 Å². The fourth-order valence-electron chi connectivity index (χ4n) is 2.22. The summed E-state index contributed by atoms with van der Waals surface area (Å²) in [6, 6.07) is 17.7. The van der Waals surface area contributed by atoms with Gasteiger partial charge >= 0.3 is 0 Å². The minimum atomic E-state index is 0.697. The third kappa shape index (κ3) is 3.77. The Bertz CT molecular complexity index is 790. The Hall–Kier alpha value is -3.08. The van der Waals surface area contributed by atoms with E-state index in [9.17, 15) is 0 Å². The van der Waals surface area contributed by atoms with E-state index in [4.69, 9.17) is 4.74 Å². The van der Waals surface area contributed by atoms with Gasteiger partial charge in [0.15, 0.2) is 0 Å². The molecule has 116 valence electrons. The van der Waals surface area contributed by atoms with Gasteiger partial charge in [-0.05, 0) is 36.8 Å². The lowest BCUT2D eigenvalue weighted by molar-refractivity contribution is 0.416. The van der Waals surface area contributed by atoms with Crippen LogP contribution in [0, 0.1) is 6.92 Å². The molecule has 2 N–H and O–H groups in total. The number of para-hydroxylation sites is 1. The number of hydrogen-bond donors (Lipinski definition) is 2. The largest absolute Gasteiger partial charge is 0.495 e. The molecular formula is C18H18N4O. The smallest absolute Gasteiger partial charge is 0.142 e. The molecule has 0 unspecified atom stereocenters. The molecule has 1 aromatic heterocycles. The topological polar surface area (TPSA) is 59.1 Å². The number of nitrogens with zero attached hydrogens (tertiary/aromatic N) is 2. The van der Waals surface area contributed by atoms with Crippen LogP contribution in [0.15, 0.2) is 60.9 Å². The van der Waals surface area contributed by atoms with Crippen molar-refractivity contribution in [3.63, 3.8) is 0 Å². The Kier molecular flexibility index (Phi) is 4.38. The summed E-state index contributed by atoms with van der Waals surface area (Å²) in [6.45, 7) is 2.03. The van der Waals surface area contributed by atoms with Crippen molar-refractivity contribution in [2.24, 2.45) is 0 Å². The Labute approximate surface area is 135 Å². The van der Waals surface area contributed by atoms with Crippen LogP contribution < -0.4 is 15.4 Å². The van der Waals surface area contributed by atoms with Gasteiger partial charge in [-0.15, -0.1) is 0 Å². The highest BCUT2D eigenvalue weighted by Crippen LogP contribution is 2.28. The Balaban J connectivity index is 1.82. The van der Waals surface area contributed by atoms with Gasteiger partial charge in [0.25, 0.3) is 0 Å². The first-order valence-corrected chi connectivity index (χ1v) is 7.30. The lowest BCUT2D eigenvalue weighted by Gasteiger charge is -2.12. The summed E-state index contributed by atoms with van der Waals surface area (Å²) in [4.78, 5) is 8.51. The summed E-state index contributed by atoms with van der Waals surface area (Å²) < 4.78 is 5.38. The van der Waals surface area contributed by atoms with Crippen LogP contribution in [0.3, 0.4) is 0 Å². The monoisotopic (exact) mass is 306 g/mol.